The van der Waals surface area contributed by atoms with Crippen molar-refractivity contribution in [1.82, 2.24) is 4.90 Å². The number of halogens is 1. The van der Waals surface area contributed by atoms with Gasteiger partial charge in [-0.15, -0.1) is 0 Å². The summed E-state index contributed by atoms with van der Waals surface area (Å²) in [5.41, 5.74) is 6.59. The lowest BCUT2D eigenvalue weighted by molar-refractivity contribution is 0.246. The molecule has 3 N–H and O–H groups in total. The van der Waals surface area contributed by atoms with Gasteiger partial charge in [-0.05, 0) is 25.6 Å². The summed E-state index contributed by atoms with van der Waals surface area (Å²) in [6, 6.07) is 8.05. The Morgan fingerprint density at radius 2 is 2.00 bits per heavy atom. The maximum atomic E-state index is 7.41. The summed E-state index contributed by atoms with van der Waals surface area (Å²) in [6.07, 6.45) is 0. The average Bonchev–Trinajstić information content (AvgIpc) is 2.28. The second kappa shape index (κ2) is 6.03. The van der Waals surface area contributed by atoms with Gasteiger partial charge in [0.1, 0.15) is 0 Å². The predicted octanol–water partition coefficient (Wildman–Crippen LogP) is 2.90. The number of nitrogens with two attached hydrogens (primary N) is 1. The minimum atomic E-state index is 0.0601. The summed E-state index contributed by atoms with van der Waals surface area (Å²) >= 11 is 6.17. The van der Waals surface area contributed by atoms with Crippen LogP contribution in [0.15, 0.2) is 24.3 Å². The van der Waals surface area contributed by atoms with Crippen molar-refractivity contribution in [2.45, 2.75) is 19.9 Å². The van der Waals surface area contributed by atoms with Crippen LogP contribution in [0.3, 0.4) is 0 Å². The summed E-state index contributed by atoms with van der Waals surface area (Å²) < 4.78 is 0. The van der Waals surface area contributed by atoms with Crippen LogP contribution in [0.2, 0.25) is 5.02 Å². The van der Waals surface area contributed by atoms with Crippen molar-refractivity contribution in [3.8, 4) is 0 Å². The number of hydrogen-bond acceptors (Lipinski definition) is 2. The first-order chi connectivity index (χ1) is 7.93. The third kappa shape index (κ3) is 3.72. The van der Waals surface area contributed by atoms with Crippen LogP contribution in [-0.2, 0) is 0 Å². The van der Waals surface area contributed by atoms with E-state index in [0.717, 1.165) is 17.1 Å². The Hall–Kier alpha value is -1.06. The van der Waals surface area contributed by atoms with E-state index in [1.54, 1.807) is 0 Å². The third-order valence-electron chi connectivity index (χ3n) is 3.11. The van der Waals surface area contributed by atoms with Crippen LogP contribution >= 0.6 is 11.6 Å². The van der Waals surface area contributed by atoms with Crippen LogP contribution in [0.5, 0.6) is 0 Å². The van der Waals surface area contributed by atoms with Crippen molar-refractivity contribution >= 4 is 17.4 Å². The van der Waals surface area contributed by atoms with E-state index >= 15 is 0 Å². The van der Waals surface area contributed by atoms with E-state index in [4.69, 9.17) is 22.7 Å². The number of nitrogens with zero attached hydrogens (tertiary/aromatic N) is 1. The molecule has 4 heteroatoms. The Morgan fingerprint density at radius 1 is 1.41 bits per heavy atom. The minimum absolute atomic E-state index is 0.0601. The van der Waals surface area contributed by atoms with Gasteiger partial charge in [-0.2, -0.15) is 0 Å². The number of amidine groups is 1. The van der Waals surface area contributed by atoms with E-state index in [2.05, 4.69) is 11.8 Å². The fraction of sp³-hybridized carbons (Fsp3) is 0.462. The van der Waals surface area contributed by atoms with Crippen molar-refractivity contribution in [3.05, 3.63) is 34.9 Å². The average molecular weight is 254 g/mol. The predicted molar refractivity (Wildman–Crippen MR) is 73.6 cm³/mol. The zero-order valence-electron chi connectivity index (χ0n) is 10.6. The zero-order chi connectivity index (χ0) is 13.0. The molecule has 0 heterocycles. The molecule has 1 aromatic rings. The molecule has 2 atom stereocenters. The highest BCUT2D eigenvalue weighted by atomic mass is 35.5. The molecule has 0 aliphatic heterocycles. The van der Waals surface area contributed by atoms with E-state index < -0.39 is 0 Å². The summed E-state index contributed by atoms with van der Waals surface area (Å²) in [5, 5.41) is 8.19. The highest BCUT2D eigenvalue weighted by Gasteiger charge is 2.17. The Morgan fingerprint density at radius 3 is 2.53 bits per heavy atom. The molecule has 0 radical (unpaired) electrons. The van der Waals surface area contributed by atoms with E-state index in [9.17, 15) is 0 Å². The Bertz CT molecular complexity index is 392. The topological polar surface area (TPSA) is 53.1 Å². The second-order valence-electron chi connectivity index (χ2n) is 4.49. The van der Waals surface area contributed by atoms with Crippen molar-refractivity contribution in [2.75, 3.05) is 13.6 Å². The number of rotatable bonds is 5. The Kier molecular flexibility index (Phi) is 4.97. The molecule has 0 aliphatic carbocycles. The van der Waals surface area contributed by atoms with Crippen molar-refractivity contribution in [2.24, 2.45) is 11.7 Å². The molecular formula is C13H20ClN3. The molecule has 0 aliphatic rings. The van der Waals surface area contributed by atoms with Crippen molar-refractivity contribution in [3.63, 3.8) is 0 Å². The van der Waals surface area contributed by atoms with Crippen LogP contribution in [0.25, 0.3) is 0 Å². The summed E-state index contributed by atoms with van der Waals surface area (Å²) in [5.74, 6) is 0.285. The second-order valence-corrected chi connectivity index (χ2v) is 4.90. The van der Waals surface area contributed by atoms with Crippen LogP contribution in [0.1, 0.15) is 25.5 Å². The van der Waals surface area contributed by atoms with E-state index in [1.807, 2.05) is 38.2 Å². The van der Waals surface area contributed by atoms with Crippen LogP contribution in [0, 0.1) is 11.3 Å². The van der Waals surface area contributed by atoms with Crippen LogP contribution < -0.4 is 5.73 Å². The van der Waals surface area contributed by atoms with Gasteiger partial charge in [-0.3, -0.25) is 10.3 Å². The van der Waals surface area contributed by atoms with Crippen molar-refractivity contribution < 1.29 is 0 Å². The Labute approximate surface area is 108 Å². The monoisotopic (exact) mass is 253 g/mol. The molecule has 0 spiro atoms. The standard InChI is InChI=1S/C13H20ClN3/c1-9(13(15)16)8-17(3)10(2)11-6-4-5-7-12(11)14/h4-7,9-10H,8H2,1-3H3,(H3,15,16). The molecule has 1 rings (SSSR count). The molecular weight excluding hydrogens is 234 g/mol. The van der Waals surface area contributed by atoms with Gasteiger partial charge in [-0.1, -0.05) is 36.7 Å². The van der Waals surface area contributed by atoms with E-state index in [-0.39, 0.29) is 17.8 Å². The molecule has 17 heavy (non-hydrogen) atoms. The third-order valence-corrected chi connectivity index (χ3v) is 3.45. The molecule has 0 saturated heterocycles. The van der Waals surface area contributed by atoms with Crippen LogP contribution in [0.4, 0.5) is 0 Å². The lowest BCUT2D eigenvalue weighted by Gasteiger charge is -2.28. The quantitative estimate of drug-likeness (QED) is 0.626. The van der Waals surface area contributed by atoms with E-state index in [1.165, 1.54) is 0 Å². The fourth-order valence-corrected chi connectivity index (χ4v) is 2.03. The number of nitrogens with one attached hydrogen (secondary N) is 1. The SMILES string of the molecule is CC(CN(C)C(C)c1ccccc1Cl)C(=N)N. The fourth-order valence-electron chi connectivity index (χ4n) is 1.74. The van der Waals surface area contributed by atoms with Gasteiger partial charge < -0.3 is 5.73 Å². The molecule has 0 amide bonds. The number of benzene rings is 1. The van der Waals surface area contributed by atoms with Crippen molar-refractivity contribution in [1.29, 1.82) is 5.41 Å². The minimum Gasteiger partial charge on any atom is -0.387 e. The van der Waals surface area contributed by atoms with Gasteiger partial charge in [0.15, 0.2) is 0 Å². The summed E-state index contributed by atoms with van der Waals surface area (Å²) in [6.45, 7) is 4.81. The molecule has 0 saturated carbocycles. The molecule has 0 aromatic heterocycles. The van der Waals surface area contributed by atoms with Gasteiger partial charge in [0.2, 0.25) is 0 Å². The first kappa shape index (κ1) is 14.0. The lowest BCUT2D eigenvalue weighted by atomic mass is 10.1. The largest absolute Gasteiger partial charge is 0.387 e. The highest BCUT2D eigenvalue weighted by Crippen LogP contribution is 2.26. The smallest absolute Gasteiger partial charge is 0.0947 e. The number of hydrogen-bond donors (Lipinski definition) is 2. The first-order valence-electron chi connectivity index (χ1n) is 5.72. The van der Waals surface area contributed by atoms with Gasteiger partial charge in [0, 0.05) is 23.5 Å². The van der Waals surface area contributed by atoms with Gasteiger partial charge in [0.25, 0.3) is 0 Å². The first-order valence-corrected chi connectivity index (χ1v) is 6.09. The Balaban J connectivity index is 2.73. The lowest BCUT2D eigenvalue weighted by Crippen LogP contribution is -2.33. The van der Waals surface area contributed by atoms with Gasteiger partial charge >= 0.3 is 0 Å². The normalized spacial score (nSPS) is 14.6. The molecule has 1 aromatic carbocycles. The zero-order valence-corrected chi connectivity index (χ0v) is 11.3. The highest BCUT2D eigenvalue weighted by molar-refractivity contribution is 6.31. The maximum absolute atomic E-state index is 7.41. The maximum Gasteiger partial charge on any atom is 0.0947 e. The molecule has 3 nitrogen and oxygen atoms in total. The van der Waals surface area contributed by atoms with E-state index in [0.29, 0.717) is 0 Å². The molecule has 94 valence electrons. The van der Waals surface area contributed by atoms with Gasteiger partial charge in [0.05, 0.1) is 5.84 Å². The summed E-state index contributed by atoms with van der Waals surface area (Å²) in [4.78, 5) is 2.16. The molecule has 0 bridgehead atoms. The van der Waals surface area contributed by atoms with Crippen LogP contribution in [-0.4, -0.2) is 24.3 Å². The summed E-state index contributed by atoms with van der Waals surface area (Å²) in [7, 11) is 2.02. The van der Waals surface area contributed by atoms with Gasteiger partial charge in [-0.25, -0.2) is 0 Å². The molecule has 2 unspecified atom stereocenters. The molecule has 0 fully saturated rings.